The minimum atomic E-state index is -1.17. The zero-order valence-electron chi connectivity index (χ0n) is 11.8. The molecule has 0 spiro atoms. The number of carbonyl (C=O) groups excluding carboxylic acids is 1. The quantitative estimate of drug-likeness (QED) is 0.805. The number of aryl methyl sites for hydroxylation is 1. The van der Waals surface area contributed by atoms with Crippen molar-refractivity contribution in [1.29, 1.82) is 5.26 Å². The van der Waals surface area contributed by atoms with Gasteiger partial charge in [-0.25, -0.2) is 4.39 Å². The molecule has 4 heteroatoms. The van der Waals surface area contributed by atoms with E-state index in [1.54, 1.807) is 24.3 Å². The van der Waals surface area contributed by atoms with Gasteiger partial charge in [-0.15, -0.1) is 0 Å². The second-order valence-electron chi connectivity index (χ2n) is 4.63. The van der Waals surface area contributed by atoms with Crippen molar-refractivity contribution in [3.63, 3.8) is 0 Å². The molecule has 0 N–H and O–H groups in total. The van der Waals surface area contributed by atoms with Crippen LogP contribution >= 0.6 is 0 Å². The van der Waals surface area contributed by atoms with Crippen LogP contribution in [0.3, 0.4) is 0 Å². The topological polar surface area (TPSA) is 50.1 Å². The van der Waals surface area contributed by atoms with E-state index < -0.39 is 17.5 Å². The minimum Gasteiger partial charge on any atom is -0.496 e. The number of hydrogen-bond donors (Lipinski definition) is 0. The molecule has 0 radical (unpaired) electrons. The van der Waals surface area contributed by atoms with Crippen molar-refractivity contribution in [3.8, 4) is 11.8 Å². The highest BCUT2D eigenvalue weighted by Crippen LogP contribution is 2.26. The Morgan fingerprint density at radius 3 is 2.62 bits per heavy atom. The minimum absolute atomic E-state index is 0.0875. The lowest BCUT2D eigenvalue weighted by atomic mass is 9.91. The van der Waals surface area contributed by atoms with E-state index in [2.05, 4.69) is 0 Å². The summed E-state index contributed by atoms with van der Waals surface area (Å²) in [7, 11) is 1.51. The molecule has 0 saturated heterocycles. The van der Waals surface area contributed by atoms with Crippen molar-refractivity contribution in [2.45, 2.75) is 12.8 Å². The van der Waals surface area contributed by atoms with Gasteiger partial charge in [0.1, 0.15) is 17.5 Å². The average Bonchev–Trinajstić information content (AvgIpc) is 2.50. The van der Waals surface area contributed by atoms with Gasteiger partial charge in [0.25, 0.3) is 0 Å². The number of carbonyl (C=O) groups is 1. The van der Waals surface area contributed by atoms with Crippen molar-refractivity contribution < 1.29 is 13.9 Å². The van der Waals surface area contributed by atoms with Crippen molar-refractivity contribution in [3.05, 3.63) is 65.0 Å². The number of methoxy groups -OCH3 is 1. The summed E-state index contributed by atoms with van der Waals surface area (Å²) in [5.41, 5.74) is 1.30. The molecule has 0 heterocycles. The Balaban J connectivity index is 2.43. The number of nitrogens with zero attached hydrogens (tertiary/aromatic N) is 1. The molecule has 2 rings (SSSR count). The molecule has 0 aliphatic heterocycles. The van der Waals surface area contributed by atoms with Crippen molar-refractivity contribution in [2.75, 3.05) is 7.11 Å². The fraction of sp³-hybridized carbons (Fsp3) is 0.176. The van der Waals surface area contributed by atoms with Crippen LogP contribution in [0.15, 0.2) is 42.5 Å². The Labute approximate surface area is 122 Å². The lowest BCUT2D eigenvalue weighted by Crippen LogP contribution is -2.13. The van der Waals surface area contributed by atoms with Gasteiger partial charge < -0.3 is 4.74 Å². The number of halogens is 1. The monoisotopic (exact) mass is 283 g/mol. The third-order valence-corrected chi connectivity index (χ3v) is 3.30. The van der Waals surface area contributed by atoms with Crippen LogP contribution in [0.4, 0.5) is 4.39 Å². The Kier molecular flexibility index (Phi) is 4.34. The van der Waals surface area contributed by atoms with E-state index in [1.165, 1.54) is 25.3 Å². The van der Waals surface area contributed by atoms with Crippen LogP contribution in [-0.4, -0.2) is 12.9 Å². The van der Waals surface area contributed by atoms with Crippen LogP contribution < -0.4 is 4.74 Å². The fourth-order valence-electron chi connectivity index (χ4n) is 2.12. The van der Waals surface area contributed by atoms with Crippen LogP contribution in [0.25, 0.3) is 0 Å². The van der Waals surface area contributed by atoms with E-state index in [4.69, 9.17) is 4.74 Å². The lowest BCUT2D eigenvalue weighted by Gasteiger charge is -2.11. The van der Waals surface area contributed by atoms with Gasteiger partial charge in [0.05, 0.1) is 13.2 Å². The van der Waals surface area contributed by atoms with Crippen LogP contribution in [-0.2, 0) is 0 Å². The molecule has 2 aromatic carbocycles. The highest BCUT2D eigenvalue weighted by atomic mass is 19.1. The first kappa shape index (κ1) is 14.7. The number of benzene rings is 2. The Morgan fingerprint density at radius 1 is 1.29 bits per heavy atom. The number of ketones is 1. The standard InChI is InChI=1S/C17H14FNO2/c1-11-7-8-12(9-16(11)21-2)17(20)14(10-19)13-5-3-4-6-15(13)18/h3-9,14H,1-2H3. The molecule has 0 fully saturated rings. The lowest BCUT2D eigenvalue weighted by molar-refractivity contribution is 0.0977. The number of ether oxygens (including phenoxy) is 1. The zero-order valence-corrected chi connectivity index (χ0v) is 11.8. The molecule has 1 atom stereocenters. The van der Waals surface area contributed by atoms with Gasteiger partial charge in [0.15, 0.2) is 5.78 Å². The number of hydrogen-bond acceptors (Lipinski definition) is 3. The third kappa shape index (κ3) is 2.92. The van der Waals surface area contributed by atoms with Gasteiger partial charge in [0, 0.05) is 11.1 Å². The van der Waals surface area contributed by atoms with Crippen LogP contribution in [0, 0.1) is 24.1 Å². The van der Waals surface area contributed by atoms with Gasteiger partial charge in [-0.1, -0.05) is 30.3 Å². The maximum absolute atomic E-state index is 13.8. The molecule has 1 unspecified atom stereocenters. The smallest absolute Gasteiger partial charge is 0.184 e. The largest absolute Gasteiger partial charge is 0.496 e. The van der Waals surface area contributed by atoms with Crippen LogP contribution in [0.1, 0.15) is 27.4 Å². The van der Waals surface area contributed by atoms with E-state index in [1.807, 2.05) is 13.0 Å². The summed E-state index contributed by atoms with van der Waals surface area (Å²) in [6.07, 6.45) is 0. The summed E-state index contributed by atoms with van der Waals surface area (Å²) in [5.74, 6) is -1.61. The molecule has 21 heavy (non-hydrogen) atoms. The second-order valence-corrected chi connectivity index (χ2v) is 4.63. The van der Waals surface area contributed by atoms with Gasteiger partial charge >= 0.3 is 0 Å². The van der Waals surface area contributed by atoms with E-state index >= 15 is 0 Å². The van der Waals surface area contributed by atoms with Crippen molar-refractivity contribution in [1.82, 2.24) is 0 Å². The summed E-state index contributed by atoms with van der Waals surface area (Å²) >= 11 is 0. The van der Waals surface area contributed by atoms with E-state index in [0.29, 0.717) is 11.3 Å². The van der Waals surface area contributed by atoms with Crippen molar-refractivity contribution in [2.24, 2.45) is 0 Å². The Bertz CT molecular complexity index is 719. The molecule has 0 amide bonds. The maximum atomic E-state index is 13.8. The summed E-state index contributed by atoms with van der Waals surface area (Å²) in [6.45, 7) is 1.85. The number of rotatable bonds is 4. The van der Waals surface area contributed by atoms with E-state index in [0.717, 1.165) is 5.56 Å². The molecule has 0 aromatic heterocycles. The Morgan fingerprint density at radius 2 is 2.00 bits per heavy atom. The van der Waals surface area contributed by atoms with E-state index in [-0.39, 0.29) is 5.56 Å². The molecule has 3 nitrogen and oxygen atoms in total. The van der Waals surface area contributed by atoms with Crippen molar-refractivity contribution >= 4 is 5.78 Å². The first-order valence-corrected chi connectivity index (χ1v) is 6.41. The fourth-order valence-corrected chi connectivity index (χ4v) is 2.12. The first-order chi connectivity index (χ1) is 10.1. The highest BCUT2D eigenvalue weighted by Gasteiger charge is 2.24. The summed E-state index contributed by atoms with van der Waals surface area (Å²) in [5, 5.41) is 9.25. The number of nitriles is 1. The second kappa shape index (κ2) is 6.19. The highest BCUT2D eigenvalue weighted by molar-refractivity contribution is 6.03. The van der Waals surface area contributed by atoms with E-state index in [9.17, 15) is 14.4 Å². The van der Waals surface area contributed by atoms with Gasteiger partial charge in [-0.3, -0.25) is 4.79 Å². The normalized spacial score (nSPS) is 11.5. The predicted molar refractivity (Wildman–Crippen MR) is 76.8 cm³/mol. The van der Waals surface area contributed by atoms with Gasteiger partial charge in [-0.2, -0.15) is 5.26 Å². The molecule has 0 aliphatic carbocycles. The summed E-state index contributed by atoms with van der Waals surface area (Å²) < 4.78 is 19.0. The zero-order chi connectivity index (χ0) is 15.4. The third-order valence-electron chi connectivity index (χ3n) is 3.30. The first-order valence-electron chi connectivity index (χ1n) is 6.41. The Hall–Kier alpha value is -2.67. The molecule has 0 saturated carbocycles. The average molecular weight is 283 g/mol. The predicted octanol–water partition coefficient (Wildman–Crippen LogP) is 3.63. The van der Waals surface area contributed by atoms with Crippen LogP contribution in [0.5, 0.6) is 5.75 Å². The molecule has 106 valence electrons. The molecular weight excluding hydrogens is 269 g/mol. The summed E-state index contributed by atoms with van der Waals surface area (Å²) in [6, 6.07) is 12.6. The molecule has 0 aliphatic rings. The molecule has 0 bridgehead atoms. The van der Waals surface area contributed by atoms with Gasteiger partial charge in [0.2, 0.25) is 0 Å². The molecule has 2 aromatic rings. The molecular formula is C17H14FNO2. The summed E-state index contributed by atoms with van der Waals surface area (Å²) in [4.78, 5) is 12.5. The van der Waals surface area contributed by atoms with Crippen LogP contribution in [0.2, 0.25) is 0 Å². The number of Topliss-reactive ketones (excluding diaryl/α,β-unsaturated/α-hetero) is 1. The maximum Gasteiger partial charge on any atom is 0.184 e. The van der Waals surface area contributed by atoms with Gasteiger partial charge in [-0.05, 0) is 24.6 Å². The SMILES string of the molecule is COc1cc(C(=O)C(C#N)c2ccccc2F)ccc1C.